The number of anilines is 3. The number of carbonyl (C=O) groups is 1. The van der Waals surface area contributed by atoms with Gasteiger partial charge in [-0.2, -0.15) is 18.2 Å². The highest BCUT2D eigenvalue weighted by Gasteiger charge is 2.45. The lowest BCUT2D eigenvalue weighted by Gasteiger charge is -2.28. The van der Waals surface area contributed by atoms with E-state index in [1.54, 1.807) is 6.92 Å². The largest absolute Gasteiger partial charge is 0.421 e. The predicted molar refractivity (Wildman–Crippen MR) is 137 cm³/mol. The molecule has 1 aromatic carbocycles. The molecule has 2 aliphatic heterocycles. The second-order valence-electron chi connectivity index (χ2n) is 9.67. The highest BCUT2D eigenvalue weighted by Crippen LogP contribution is 2.53. The molecule has 1 saturated carbocycles. The summed E-state index contributed by atoms with van der Waals surface area (Å²) in [6.45, 7) is 1.59. The number of hydrogen-bond acceptors (Lipinski definition) is 6. The van der Waals surface area contributed by atoms with E-state index >= 15 is 0 Å². The molecule has 2 bridgehead atoms. The first-order valence-electron chi connectivity index (χ1n) is 11.7. The van der Waals surface area contributed by atoms with E-state index in [1.165, 1.54) is 0 Å². The number of alkyl halides is 3. The number of hydrogen-bond donors (Lipinski definition) is 2. The summed E-state index contributed by atoms with van der Waals surface area (Å²) in [6, 6.07) is 6.00. The van der Waals surface area contributed by atoms with Crippen molar-refractivity contribution in [2.45, 2.75) is 69.4 Å². The number of halogens is 5. The van der Waals surface area contributed by atoms with Crippen molar-refractivity contribution in [3.8, 4) is 0 Å². The Morgan fingerprint density at radius 1 is 1.08 bits per heavy atom. The maximum Gasteiger partial charge on any atom is 0.421 e. The molecule has 1 saturated heterocycles. The molecular formula is C24H31Cl2F3N6O. The number of amides is 1. The molecule has 0 unspecified atom stereocenters. The molecule has 12 heteroatoms. The van der Waals surface area contributed by atoms with Crippen LogP contribution in [0.2, 0.25) is 0 Å². The average molecular weight is 547 g/mol. The summed E-state index contributed by atoms with van der Waals surface area (Å²) in [4.78, 5) is 24.3. The van der Waals surface area contributed by atoms with E-state index in [0.717, 1.165) is 49.4 Å². The molecule has 2 N–H and O–H groups in total. The quantitative estimate of drug-likeness (QED) is 0.500. The van der Waals surface area contributed by atoms with Crippen LogP contribution in [-0.4, -0.2) is 51.9 Å². The highest BCUT2D eigenvalue weighted by molar-refractivity contribution is 5.85. The van der Waals surface area contributed by atoms with Crippen molar-refractivity contribution in [1.82, 2.24) is 19.8 Å². The van der Waals surface area contributed by atoms with Crippen molar-refractivity contribution >= 4 is 48.2 Å². The fourth-order valence-electron chi connectivity index (χ4n) is 5.90. The van der Waals surface area contributed by atoms with Crippen molar-refractivity contribution in [3.05, 3.63) is 41.1 Å². The average Bonchev–Trinajstić information content (AvgIpc) is 3.47. The van der Waals surface area contributed by atoms with Crippen molar-refractivity contribution in [2.75, 3.05) is 24.7 Å². The summed E-state index contributed by atoms with van der Waals surface area (Å²) < 4.78 is 41.1. The summed E-state index contributed by atoms with van der Waals surface area (Å²) in [7, 11) is 3.88. The Morgan fingerprint density at radius 2 is 1.78 bits per heavy atom. The van der Waals surface area contributed by atoms with E-state index in [-0.39, 0.29) is 66.7 Å². The number of fused-ring (bicyclic) bond motifs is 5. The SMILES string of the molecule is CC(=O)N1[C@@H]2CC[C@H]1c1cc(Nc3ncc(C(F)(F)F)c(N[C@@H]4CCC[C@H]4N(C)C)n3)ccc12.Cl.Cl. The van der Waals surface area contributed by atoms with Gasteiger partial charge in [0.15, 0.2) is 0 Å². The summed E-state index contributed by atoms with van der Waals surface area (Å²) in [5.41, 5.74) is 2.04. The van der Waals surface area contributed by atoms with Crippen LogP contribution < -0.4 is 10.6 Å². The van der Waals surface area contributed by atoms with Crippen molar-refractivity contribution in [1.29, 1.82) is 0 Å². The first-order valence-corrected chi connectivity index (χ1v) is 11.7. The van der Waals surface area contributed by atoms with Crippen LogP contribution in [0.3, 0.4) is 0 Å². The van der Waals surface area contributed by atoms with E-state index in [4.69, 9.17) is 0 Å². The van der Waals surface area contributed by atoms with E-state index < -0.39 is 11.7 Å². The number of carbonyl (C=O) groups excluding carboxylic acids is 1. The maximum atomic E-state index is 13.7. The van der Waals surface area contributed by atoms with Gasteiger partial charge in [0.05, 0.1) is 12.1 Å². The summed E-state index contributed by atoms with van der Waals surface area (Å²) in [6.07, 6.45) is 0.812. The molecule has 3 heterocycles. The smallest absolute Gasteiger partial charge is 0.365 e. The molecule has 2 fully saturated rings. The van der Waals surface area contributed by atoms with Crippen molar-refractivity contribution < 1.29 is 18.0 Å². The topological polar surface area (TPSA) is 73.4 Å². The fourth-order valence-corrected chi connectivity index (χ4v) is 5.90. The molecule has 0 radical (unpaired) electrons. The summed E-state index contributed by atoms with van der Waals surface area (Å²) in [5.74, 6) is -0.0453. The third-order valence-corrected chi connectivity index (χ3v) is 7.37. The fraction of sp³-hybridized carbons (Fsp3) is 0.542. The van der Waals surface area contributed by atoms with Crippen LogP contribution in [0.25, 0.3) is 0 Å². The number of nitrogens with one attached hydrogen (secondary N) is 2. The third-order valence-electron chi connectivity index (χ3n) is 7.37. The standard InChI is InChI=1S/C24H29F3N6O.2ClH/c1-13(34)33-19-9-10-20(33)16-11-14(7-8-15(16)19)29-23-28-12-17(24(25,26)27)22(31-23)30-18-5-4-6-21(18)32(2)3;;/h7-8,11-12,18-21H,4-6,9-10H2,1-3H3,(H2,28,29,30,31);2*1H/t18-,19-,20+,21-;;/m1../s1. The normalized spacial score (nSPS) is 24.2. The zero-order chi connectivity index (χ0) is 24.2. The monoisotopic (exact) mass is 546 g/mol. The molecule has 36 heavy (non-hydrogen) atoms. The van der Waals surface area contributed by atoms with Gasteiger partial charge in [-0.1, -0.05) is 6.07 Å². The molecule has 4 atom stereocenters. The van der Waals surface area contributed by atoms with E-state index in [1.807, 2.05) is 42.1 Å². The third kappa shape index (κ3) is 5.08. The Kier molecular flexibility index (Phi) is 8.32. The van der Waals surface area contributed by atoms with E-state index in [0.29, 0.717) is 5.69 Å². The van der Waals surface area contributed by atoms with Gasteiger partial charge in [0.1, 0.15) is 11.4 Å². The van der Waals surface area contributed by atoms with E-state index in [2.05, 4.69) is 20.6 Å². The van der Waals surface area contributed by atoms with Gasteiger partial charge < -0.3 is 20.4 Å². The van der Waals surface area contributed by atoms with Crippen LogP contribution in [0, 0.1) is 0 Å². The number of nitrogens with zero attached hydrogens (tertiary/aromatic N) is 4. The summed E-state index contributed by atoms with van der Waals surface area (Å²) in [5, 5.41) is 6.13. The van der Waals surface area contributed by atoms with Crippen LogP contribution in [0.4, 0.5) is 30.6 Å². The van der Waals surface area contributed by atoms with Gasteiger partial charge >= 0.3 is 6.18 Å². The van der Waals surface area contributed by atoms with Gasteiger partial charge in [0, 0.05) is 30.9 Å². The van der Waals surface area contributed by atoms with Gasteiger partial charge in [-0.3, -0.25) is 4.79 Å². The lowest BCUT2D eigenvalue weighted by atomic mass is 9.91. The van der Waals surface area contributed by atoms with Gasteiger partial charge in [0.2, 0.25) is 11.9 Å². The second-order valence-corrected chi connectivity index (χ2v) is 9.67. The maximum absolute atomic E-state index is 13.7. The predicted octanol–water partition coefficient (Wildman–Crippen LogP) is 5.72. The Hall–Kier alpha value is -2.30. The van der Waals surface area contributed by atoms with Gasteiger partial charge in [-0.05, 0) is 69.5 Å². The second kappa shape index (κ2) is 10.6. The number of likely N-dealkylation sites (N-methyl/N-ethyl adjacent to an activating group) is 1. The minimum Gasteiger partial charge on any atom is -0.365 e. The number of benzene rings is 1. The lowest BCUT2D eigenvalue weighted by molar-refractivity contribution is -0.137. The molecule has 0 spiro atoms. The minimum absolute atomic E-state index is 0. The molecule has 1 amide bonds. The Bertz CT molecular complexity index is 1120. The Balaban J connectivity index is 0.00000180. The highest BCUT2D eigenvalue weighted by atomic mass is 35.5. The minimum atomic E-state index is -4.56. The van der Waals surface area contributed by atoms with E-state index in [9.17, 15) is 18.0 Å². The zero-order valence-electron chi connectivity index (χ0n) is 20.3. The van der Waals surface area contributed by atoms with Crippen LogP contribution >= 0.6 is 24.8 Å². The van der Waals surface area contributed by atoms with Gasteiger partial charge in [0.25, 0.3) is 0 Å². The molecule has 1 aliphatic carbocycles. The van der Waals surface area contributed by atoms with Crippen LogP contribution in [0.1, 0.15) is 67.8 Å². The van der Waals surface area contributed by atoms with Crippen LogP contribution in [-0.2, 0) is 11.0 Å². The van der Waals surface area contributed by atoms with Crippen LogP contribution in [0.15, 0.2) is 24.4 Å². The first-order chi connectivity index (χ1) is 16.1. The molecule has 2 aromatic rings. The van der Waals surface area contributed by atoms with Gasteiger partial charge in [-0.25, -0.2) is 4.98 Å². The molecule has 7 nitrogen and oxygen atoms in total. The lowest BCUT2D eigenvalue weighted by Crippen LogP contribution is -2.39. The molecular weight excluding hydrogens is 516 g/mol. The molecule has 1 aromatic heterocycles. The molecule has 3 aliphatic rings. The zero-order valence-corrected chi connectivity index (χ0v) is 21.9. The van der Waals surface area contributed by atoms with Crippen molar-refractivity contribution in [2.24, 2.45) is 0 Å². The molecule has 5 rings (SSSR count). The Labute approximate surface area is 221 Å². The molecule has 198 valence electrons. The van der Waals surface area contributed by atoms with Gasteiger partial charge in [-0.15, -0.1) is 24.8 Å². The first kappa shape index (κ1) is 28.3. The summed E-state index contributed by atoms with van der Waals surface area (Å²) >= 11 is 0. The van der Waals surface area contributed by atoms with Crippen LogP contribution in [0.5, 0.6) is 0 Å². The number of aromatic nitrogens is 2. The Morgan fingerprint density at radius 3 is 2.42 bits per heavy atom. The van der Waals surface area contributed by atoms with Crippen molar-refractivity contribution in [3.63, 3.8) is 0 Å². The number of rotatable bonds is 5.